The van der Waals surface area contributed by atoms with Crippen molar-refractivity contribution in [3.05, 3.63) is 70.0 Å². The van der Waals surface area contributed by atoms with Gasteiger partial charge in [-0.15, -0.1) is 0 Å². The minimum Gasteiger partial charge on any atom is -0.325 e. The molecule has 4 aromatic rings. The van der Waals surface area contributed by atoms with Crippen molar-refractivity contribution in [3.8, 4) is 11.3 Å². The lowest BCUT2D eigenvalue weighted by atomic mass is 10.1. The molecule has 0 aliphatic rings. The second-order valence-electron chi connectivity index (χ2n) is 6.92. The number of fused-ring (bicyclic) bond motifs is 1. The van der Waals surface area contributed by atoms with E-state index in [4.69, 9.17) is 0 Å². The van der Waals surface area contributed by atoms with Gasteiger partial charge >= 0.3 is 0 Å². The fourth-order valence-corrected chi connectivity index (χ4v) is 4.09. The molecule has 1 amide bonds. The third-order valence-electron chi connectivity index (χ3n) is 4.53. The van der Waals surface area contributed by atoms with Crippen LogP contribution in [0.3, 0.4) is 0 Å². The summed E-state index contributed by atoms with van der Waals surface area (Å²) in [5.41, 5.74) is 4.62. The summed E-state index contributed by atoms with van der Waals surface area (Å²) in [5, 5.41) is 2.86. The number of rotatable bonds is 4. The van der Waals surface area contributed by atoms with E-state index in [1.54, 1.807) is 19.3 Å². The molecule has 4 rings (SSSR count). The first-order valence-corrected chi connectivity index (χ1v) is 9.85. The number of pyridine rings is 1. The predicted octanol–water partition coefficient (Wildman–Crippen LogP) is 3.48. The maximum Gasteiger partial charge on any atom is 0.273 e. The number of hydrogen-bond donors (Lipinski definition) is 1. The van der Waals surface area contributed by atoms with Crippen LogP contribution in [-0.2, 0) is 11.3 Å². The van der Waals surface area contributed by atoms with Crippen molar-refractivity contribution in [2.45, 2.75) is 27.3 Å². The van der Waals surface area contributed by atoms with Crippen LogP contribution < -0.4 is 10.9 Å². The Bertz CT molecular complexity index is 1260. The molecule has 0 aliphatic heterocycles. The lowest BCUT2D eigenvalue weighted by Gasteiger charge is -2.11. The summed E-state index contributed by atoms with van der Waals surface area (Å²) in [7, 11) is 0. The quantitative estimate of drug-likeness (QED) is 0.561. The molecule has 0 unspecified atom stereocenters. The Balaban J connectivity index is 1.66. The zero-order valence-electron chi connectivity index (χ0n) is 16.3. The van der Waals surface area contributed by atoms with Crippen molar-refractivity contribution in [3.63, 3.8) is 0 Å². The predicted molar refractivity (Wildman–Crippen MR) is 114 cm³/mol. The molecule has 146 valence electrons. The Kier molecular flexibility index (Phi) is 4.94. The number of benzene rings is 1. The van der Waals surface area contributed by atoms with Crippen molar-refractivity contribution in [1.29, 1.82) is 0 Å². The molecule has 8 heteroatoms. The van der Waals surface area contributed by atoms with Gasteiger partial charge in [0.2, 0.25) is 5.91 Å². The van der Waals surface area contributed by atoms with Gasteiger partial charge in [0, 0.05) is 23.6 Å². The summed E-state index contributed by atoms with van der Waals surface area (Å²) in [4.78, 5) is 34.1. The van der Waals surface area contributed by atoms with E-state index in [0.717, 1.165) is 28.2 Å². The van der Waals surface area contributed by atoms with Gasteiger partial charge in [0.15, 0.2) is 0 Å². The highest BCUT2D eigenvalue weighted by Crippen LogP contribution is 2.27. The molecule has 7 nitrogen and oxygen atoms in total. The molecule has 0 bridgehead atoms. The van der Waals surface area contributed by atoms with Gasteiger partial charge in [-0.25, -0.2) is 4.98 Å². The first-order valence-electron chi connectivity index (χ1n) is 9.08. The number of aromatic nitrogens is 4. The molecule has 0 spiro atoms. The van der Waals surface area contributed by atoms with E-state index < -0.39 is 0 Å². The van der Waals surface area contributed by atoms with E-state index in [1.807, 2.05) is 44.2 Å². The van der Waals surface area contributed by atoms with E-state index >= 15 is 0 Å². The number of carbonyl (C=O) groups excluding carboxylic acids is 1. The van der Waals surface area contributed by atoms with E-state index in [2.05, 4.69) is 19.7 Å². The van der Waals surface area contributed by atoms with E-state index in [9.17, 15) is 9.59 Å². The van der Waals surface area contributed by atoms with Crippen LogP contribution >= 0.6 is 11.5 Å². The SMILES string of the molecule is Cc1cc(C)cc(NC(=O)Cn2c(C)nc3c(-c4ccncc4)nsc3c2=O)c1. The summed E-state index contributed by atoms with van der Waals surface area (Å²) in [6, 6.07) is 9.48. The Labute approximate surface area is 171 Å². The molecule has 0 saturated carbocycles. The number of aryl methyl sites for hydroxylation is 3. The van der Waals surface area contributed by atoms with Crippen LogP contribution in [0.4, 0.5) is 5.69 Å². The Hall–Kier alpha value is -3.39. The van der Waals surface area contributed by atoms with Gasteiger partial charge in [-0.3, -0.25) is 19.1 Å². The van der Waals surface area contributed by atoms with Crippen LogP contribution in [-0.4, -0.2) is 24.8 Å². The van der Waals surface area contributed by atoms with Crippen molar-refractivity contribution < 1.29 is 4.79 Å². The van der Waals surface area contributed by atoms with Crippen LogP contribution in [0.25, 0.3) is 21.5 Å². The monoisotopic (exact) mass is 405 g/mol. The minimum absolute atomic E-state index is 0.108. The summed E-state index contributed by atoms with van der Waals surface area (Å²) in [5.74, 6) is 0.189. The van der Waals surface area contributed by atoms with Crippen LogP contribution in [0.5, 0.6) is 0 Å². The first kappa shape index (κ1) is 18.9. The zero-order chi connectivity index (χ0) is 20.5. The van der Waals surface area contributed by atoms with Crippen LogP contribution in [0.15, 0.2) is 47.5 Å². The summed E-state index contributed by atoms with van der Waals surface area (Å²) in [6.07, 6.45) is 3.35. The van der Waals surface area contributed by atoms with Gasteiger partial charge in [-0.2, -0.15) is 4.37 Å². The highest BCUT2D eigenvalue weighted by molar-refractivity contribution is 7.13. The van der Waals surface area contributed by atoms with Gasteiger partial charge in [-0.1, -0.05) is 6.07 Å². The van der Waals surface area contributed by atoms with E-state index in [-0.39, 0.29) is 18.0 Å². The number of anilines is 1. The maximum atomic E-state index is 13.0. The molecule has 29 heavy (non-hydrogen) atoms. The standard InChI is InChI=1S/C21H19N5O2S/c1-12-8-13(2)10-16(9-12)24-17(27)11-26-14(3)23-19-18(15-4-6-22-7-5-15)25-29-20(19)21(26)28/h4-10H,11H2,1-3H3,(H,24,27). The fourth-order valence-electron chi connectivity index (χ4n) is 3.30. The minimum atomic E-state index is -0.278. The van der Waals surface area contributed by atoms with Crippen LogP contribution in [0, 0.1) is 20.8 Å². The molecule has 0 saturated heterocycles. The molecular weight excluding hydrogens is 386 g/mol. The second-order valence-corrected chi connectivity index (χ2v) is 7.69. The van der Waals surface area contributed by atoms with E-state index in [1.165, 1.54) is 4.57 Å². The highest BCUT2D eigenvalue weighted by Gasteiger charge is 2.18. The summed E-state index contributed by atoms with van der Waals surface area (Å²) in [6.45, 7) is 5.56. The number of hydrogen-bond acceptors (Lipinski definition) is 6. The largest absolute Gasteiger partial charge is 0.325 e. The lowest BCUT2D eigenvalue weighted by Crippen LogP contribution is -2.29. The van der Waals surface area contributed by atoms with Gasteiger partial charge in [0.25, 0.3) is 5.56 Å². The van der Waals surface area contributed by atoms with Gasteiger partial charge in [0.05, 0.1) is 0 Å². The molecule has 0 aliphatic carbocycles. The zero-order valence-corrected chi connectivity index (χ0v) is 17.1. The van der Waals surface area contributed by atoms with Crippen LogP contribution in [0.1, 0.15) is 17.0 Å². The first-order chi connectivity index (χ1) is 13.9. The Morgan fingerprint density at radius 2 is 1.79 bits per heavy atom. The number of nitrogens with one attached hydrogen (secondary N) is 1. The van der Waals surface area contributed by atoms with Gasteiger partial charge in [0.1, 0.15) is 28.3 Å². The number of amides is 1. The molecule has 1 N–H and O–H groups in total. The van der Waals surface area contributed by atoms with Crippen molar-refractivity contribution in [2.75, 3.05) is 5.32 Å². The van der Waals surface area contributed by atoms with E-state index in [0.29, 0.717) is 27.4 Å². The molecule has 0 fully saturated rings. The Morgan fingerprint density at radius 1 is 1.10 bits per heavy atom. The summed E-state index contributed by atoms with van der Waals surface area (Å²) >= 11 is 1.10. The molecule has 3 heterocycles. The van der Waals surface area contributed by atoms with Crippen LogP contribution in [0.2, 0.25) is 0 Å². The number of nitrogens with zero attached hydrogens (tertiary/aromatic N) is 4. The Morgan fingerprint density at radius 3 is 2.48 bits per heavy atom. The topological polar surface area (TPSA) is 89.8 Å². The molecule has 0 radical (unpaired) electrons. The molecule has 0 atom stereocenters. The summed E-state index contributed by atoms with van der Waals surface area (Å²) < 4.78 is 6.23. The maximum absolute atomic E-state index is 13.0. The molecule has 3 aromatic heterocycles. The highest BCUT2D eigenvalue weighted by atomic mass is 32.1. The lowest BCUT2D eigenvalue weighted by molar-refractivity contribution is -0.116. The van der Waals surface area contributed by atoms with Crippen molar-refractivity contribution in [2.24, 2.45) is 0 Å². The average molecular weight is 405 g/mol. The second kappa shape index (κ2) is 7.56. The van der Waals surface area contributed by atoms with Crippen molar-refractivity contribution >= 4 is 33.3 Å². The smallest absolute Gasteiger partial charge is 0.273 e. The average Bonchev–Trinajstić information content (AvgIpc) is 3.09. The fraction of sp³-hybridized carbons (Fsp3) is 0.190. The molecular formula is C21H19N5O2S. The van der Waals surface area contributed by atoms with Gasteiger partial charge < -0.3 is 5.32 Å². The third-order valence-corrected chi connectivity index (χ3v) is 5.36. The normalized spacial score (nSPS) is 11.0. The van der Waals surface area contributed by atoms with Crippen molar-refractivity contribution in [1.82, 2.24) is 18.9 Å². The molecule has 1 aromatic carbocycles. The number of carbonyl (C=O) groups is 1. The van der Waals surface area contributed by atoms with Gasteiger partial charge in [-0.05, 0) is 67.7 Å². The third kappa shape index (κ3) is 3.79.